The minimum Gasteiger partial charge on any atom is -0.394 e. The molecule has 0 aromatic rings. The summed E-state index contributed by atoms with van der Waals surface area (Å²) in [5, 5.41) is 28.7. The van der Waals surface area contributed by atoms with Gasteiger partial charge >= 0.3 is 0 Å². The maximum Gasteiger partial charge on any atom is 0.114 e. The van der Waals surface area contributed by atoms with E-state index in [0.717, 1.165) is 0 Å². The smallest absolute Gasteiger partial charge is 0.114 e. The zero-order chi connectivity index (χ0) is 11.6. The van der Waals surface area contributed by atoms with Crippen LogP contribution in [-0.2, 0) is 9.47 Å². The lowest BCUT2D eigenvalue weighted by Gasteiger charge is -2.43. The summed E-state index contributed by atoms with van der Waals surface area (Å²) in [5.41, 5.74) is 0. The summed E-state index contributed by atoms with van der Waals surface area (Å²) >= 11 is 0. The van der Waals surface area contributed by atoms with Crippen LogP contribution in [0.25, 0.3) is 0 Å². The average Bonchev–Trinajstić information content (AvgIpc) is 2.21. The minimum atomic E-state index is -1.02. The fourth-order valence-corrected chi connectivity index (χ4v) is 1.96. The van der Waals surface area contributed by atoms with Crippen LogP contribution in [0.1, 0.15) is 13.8 Å². The predicted octanol–water partition coefficient (Wildman–Crippen LogP) is -0.861. The number of methoxy groups -OCH3 is 1. The summed E-state index contributed by atoms with van der Waals surface area (Å²) in [6.07, 6.45) is -3.73. The summed E-state index contributed by atoms with van der Waals surface area (Å²) in [6, 6.07) is 0. The fraction of sp³-hybridized carbons (Fsp3) is 1.00. The molecular formula is C10H20O5. The molecule has 1 aliphatic heterocycles. The Morgan fingerprint density at radius 2 is 1.87 bits per heavy atom. The van der Waals surface area contributed by atoms with E-state index in [1.54, 1.807) is 0 Å². The van der Waals surface area contributed by atoms with Crippen molar-refractivity contribution in [3.63, 3.8) is 0 Å². The van der Waals surface area contributed by atoms with E-state index in [2.05, 4.69) is 0 Å². The maximum atomic E-state index is 9.79. The van der Waals surface area contributed by atoms with Crippen molar-refractivity contribution in [2.75, 3.05) is 13.7 Å². The lowest BCUT2D eigenvalue weighted by atomic mass is 9.89. The molecule has 1 saturated heterocycles. The van der Waals surface area contributed by atoms with Crippen LogP contribution in [0.2, 0.25) is 0 Å². The summed E-state index contributed by atoms with van der Waals surface area (Å²) in [4.78, 5) is 0. The van der Waals surface area contributed by atoms with Crippen molar-refractivity contribution >= 4 is 0 Å². The largest absolute Gasteiger partial charge is 0.394 e. The Morgan fingerprint density at radius 1 is 1.27 bits per heavy atom. The first kappa shape index (κ1) is 12.9. The van der Waals surface area contributed by atoms with Gasteiger partial charge in [0.05, 0.1) is 12.7 Å². The molecule has 1 aliphatic rings. The lowest BCUT2D eigenvalue weighted by Crippen LogP contribution is -2.60. The maximum absolute atomic E-state index is 9.79. The van der Waals surface area contributed by atoms with Gasteiger partial charge in [0.2, 0.25) is 0 Å². The van der Waals surface area contributed by atoms with Crippen LogP contribution in [0.15, 0.2) is 0 Å². The van der Waals surface area contributed by atoms with Gasteiger partial charge in [-0.25, -0.2) is 0 Å². The molecule has 1 fully saturated rings. The molecule has 0 radical (unpaired) electrons. The van der Waals surface area contributed by atoms with Crippen molar-refractivity contribution in [1.29, 1.82) is 0 Å². The van der Waals surface area contributed by atoms with Crippen molar-refractivity contribution in [2.24, 2.45) is 5.92 Å². The molecule has 0 amide bonds. The Bertz CT molecular complexity index is 194. The predicted molar refractivity (Wildman–Crippen MR) is 53.4 cm³/mol. The summed E-state index contributed by atoms with van der Waals surface area (Å²) in [6.45, 7) is 3.55. The van der Waals surface area contributed by atoms with Gasteiger partial charge in [0.1, 0.15) is 24.4 Å². The van der Waals surface area contributed by atoms with Crippen LogP contribution in [0.4, 0.5) is 0 Å². The highest BCUT2D eigenvalue weighted by Gasteiger charge is 2.45. The number of rotatable bonds is 3. The van der Waals surface area contributed by atoms with Crippen LogP contribution in [0.3, 0.4) is 0 Å². The lowest BCUT2D eigenvalue weighted by molar-refractivity contribution is -0.244. The molecule has 90 valence electrons. The Morgan fingerprint density at radius 3 is 2.27 bits per heavy atom. The monoisotopic (exact) mass is 220 g/mol. The highest BCUT2D eigenvalue weighted by Crippen LogP contribution is 2.26. The van der Waals surface area contributed by atoms with Crippen LogP contribution in [0, 0.1) is 5.92 Å². The molecule has 15 heavy (non-hydrogen) atoms. The van der Waals surface area contributed by atoms with Crippen molar-refractivity contribution in [3.8, 4) is 0 Å². The van der Waals surface area contributed by atoms with Crippen LogP contribution >= 0.6 is 0 Å². The van der Waals surface area contributed by atoms with Crippen molar-refractivity contribution in [3.05, 3.63) is 0 Å². The van der Waals surface area contributed by atoms with Gasteiger partial charge in [-0.15, -0.1) is 0 Å². The zero-order valence-electron chi connectivity index (χ0n) is 9.33. The number of hydrogen-bond donors (Lipinski definition) is 3. The Hall–Kier alpha value is -0.200. The van der Waals surface area contributed by atoms with E-state index in [1.807, 2.05) is 13.8 Å². The van der Waals surface area contributed by atoms with E-state index in [-0.39, 0.29) is 12.5 Å². The number of ether oxygens (including phenoxy) is 2. The van der Waals surface area contributed by atoms with Crippen molar-refractivity contribution in [2.45, 2.75) is 44.4 Å². The molecule has 5 heteroatoms. The molecule has 0 unspecified atom stereocenters. The molecule has 0 aromatic carbocycles. The molecule has 0 bridgehead atoms. The molecule has 1 rings (SSSR count). The van der Waals surface area contributed by atoms with Gasteiger partial charge in [0, 0.05) is 7.11 Å². The first-order valence-corrected chi connectivity index (χ1v) is 5.18. The van der Waals surface area contributed by atoms with Gasteiger partial charge in [-0.05, 0) is 5.92 Å². The molecule has 0 spiro atoms. The normalized spacial score (nSPS) is 42.2. The van der Waals surface area contributed by atoms with Gasteiger partial charge < -0.3 is 24.8 Å². The van der Waals surface area contributed by atoms with Gasteiger partial charge in [-0.2, -0.15) is 0 Å². The zero-order valence-corrected chi connectivity index (χ0v) is 9.33. The Balaban J connectivity index is 2.77. The molecule has 5 atom stereocenters. The third kappa shape index (κ3) is 2.49. The molecule has 0 aromatic heterocycles. The molecule has 3 N–H and O–H groups in total. The van der Waals surface area contributed by atoms with Gasteiger partial charge in [-0.3, -0.25) is 0 Å². The molecule has 5 nitrogen and oxygen atoms in total. The summed E-state index contributed by atoms with van der Waals surface area (Å²) in [5.74, 6) is 0.0708. The van der Waals surface area contributed by atoms with E-state index in [1.165, 1.54) is 7.11 Å². The SMILES string of the molecule is CO[C@H]1[C@H](O)[C@@H](O)[C@H](C(C)C)O[C@@H]1CO. The van der Waals surface area contributed by atoms with E-state index in [4.69, 9.17) is 14.6 Å². The van der Waals surface area contributed by atoms with E-state index in [0.29, 0.717) is 0 Å². The van der Waals surface area contributed by atoms with Crippen molar-refractivity contribution < 1.29 is 24.8 Å². The van der Waals surface area contributed by atoms with Gasteiger partial charge in [0.15, 0.2) is 0 Å². The Kier molecular flexibility index (Phi) is 4.48. The Labute approximate surface area is 89.6 Å². The van der Waals surface area contributed by atoms with Crippen molar-refractivity contribution in [1.82, 2.24) is 0 Å². The second kappa shape index (κ2) is 5.23. The first-order chi connectivity index (χ1) is 7.02. The molecular weight excluding hydrogens is 200 g/mol. The standard InChI is InChI=1S/C10H20O5/c1-5(2)9-7(12)8(13)10(14-3)6(4-11)15-9/h5-13H,4H2,1-3H3/t6-,7-,8-,9+,10-/m1/s1. The highest BCUT2D eigenvalue weighted by molar-refractivity contribution is 4.93. The summed E-state index contributed by atoms with van der Waals surface area (Å²) in [7, 11) is 1.42. The minimum absolute atomic E-state index is 0.0708. The average molecular weight is 220 g/mol. The van der Waals surface area contributed by atoms with Crippen LogP contribution in [0.5, 0.6) is 0 Å². The quantitative estimate of drug-likeness (QED) is 0.577. The van der Waals surface area contributed by atoms with E-state index in [9.17, 15) is 10.2 Å². The topological polar surface area (TPSA) is 79.2 Å². The fourth-order valence-electron chi connectivity index (χ4n) is 1.96. The molecule has 0 saturated carbocycles. The molecule has 0 aliphatic carbocycles. The second-order valence-electron chi connectivity index (χ2n) is 4.25. The van der Waals surface area contributed by atoms with E-state index < -0.39 is 30.5 Å². The van der Waals surface area contributed by atoms with Crippen LogP contribution in [-0.4, -0.2) is 59.6 Å². The van der Waals surface area contributed by atoms with Gasteiger partial charge in [-0.1, -0.05) is 13.8 Å². The van der Waals surface area contributed by atoms with E-state index >= 15 is 0 Å². The number of aliphatic hydroxyl groups is 3. The third-order valence-electron chi connectivity index (χ3n) is 2.83. The second-order valence-corrected chi connectivity index (χ2v) is 4.25. The molecule has 1 heterocycles. The number of aliphatic hydroxyl groups excluding tert-OH is 3. The third-order valence-corrected chi connectivity index (χ3v) is 2.83. The summed E-state index contributed by atoms with van der Waals surface area (Å²) < 4.78 is 10.5. The highest BCUT2D eigenvalue weighted by atomic mass is 16.6. The van der Waals surface area contributed by atoms with Crippen LogP contribution < -0.4 is 0 Å². The first-order valence-electron chi connectivity index (χ1n) is 5.18. The van der Waals surface area contributed by atoms with Gasteiger partial charge in [0.25, 0.3) is 0 Å². The number of hydrogen-bond acceptors (Lipinski definition) is 5.